The van der Waals surface area contributed by atoms with E-state index in [-0.39, 0.29) is 11.4 Å². The summed E-state index contributed by atoms with van der Waals surface area (Å²) in [5.74, 6) is -1.76. The molecule has 2 aromatic rings. The topological polar surface area (TPSA) is 64.2 Å². The van der Waals surface area contributed by atoms with Gasteiger partial charge in [-0.1, -0.05) is 5.16 Å². The van der Waals surface area contributed by atoms with Crippen molar-refractivity contribution in [1.82, 2.24) is 19.6 Å². The van der Waals surface area contributed by atoms with Gasteiger partial charge in [0.1, 0.15) is 6.17 Å². The first-order valence-electron chi connectivity index (χ1n) is 7.31. The van der Waals surface area contributed by atoms with Crippen LogP contribution in [-0.4, -0.2) is 45.4 Å². The van der Waals surface area contributed by atoms with Crippen LogP contribution in [0.25, 0.3) is 11.4 Å². The van der Waals surface area contributed by atoms with E-state index in [1.54, 1.807) is 0 Å². The molecular formula is C14H14F4N4O2. The number of nitrogens with zero attached hydrogens (tertiary/aromatic N) is 4. The number of hydrogen-bond acceptors (Lipinski definition) is 5. The SMILES string of the molecule is O=c1cc(-c2noc(C(F)(F)F)n2)ccn1CCN1CC[C@@H](F)C1. The third kappa shape index (κ3) is 3.64. The van der Waals surface area contributed by atoms with E-state index < -0.39 is 23.8 Å². The van der Waals surface area contributed by atoms with Gasteiger partial charge in [-0.05, 0) is 12.5 Å². The zero-order valence-corrected chi connectivity index (χ0v) is 12.5. The third-order valence-electron chi connectivity index (χ3n) is 3.79. The average molecular weight is 346 g/mol. The van der Waals surface area contributed by atoms with E-state index in [0.717, 1.165) is 6.07 Å². The van der Waals surface area contributed by atoms with E-state index in [9.17, 15) is 22.4 Å². The van der Waals surface area contributed by atoms with Crippen molar-refractivity contribution in [2.45, 2.75) is 25.3 Å². The Kier molecular flexibility index (Phi) is 4.39. The number of alkyl halides is 4. The second kappa shape index (κ2) is 6.34. The number of rotatable bonds is 4. The highest BCUT2D eigenvalue weighted by Crippen LogP contribution is 2.29. The highest BCUT2D eigenvalue weighted by Gasteiger charge is 2.38. The number of hydrogen-bond donors (Lipinski definition) is 0. The summed E-state index contributed by atoms with van der Waals surface area (Å²) < 4.78 is 56.0. The Morgan fingerprint density at radius 2 is 2.12 bits per heavy atom. The molecule has 0 aromatic carbocycles. The molecule has 0 bridgehead atoms. The summed E-state index contributed by atoms with van der Waals surface area (Å²) in [6.45, 7) is 1.90. The molecule has 0 spiro atoms. The molecule has 1 aliphatic heterocycles. The molecule has 0 N–H and O–H groups in total. The van der Waals surface area contributed by atoms with Crippen LogP contribution in [0, 0.1) is 0 Å². The minimum atomic E-state index is -4.73. The first-order valence-corrected chi connectivity index (χ1v) is 7.31. The van der Waals surface area contributed by atoms with Gasteiger partial charge in [0, 0.05) is 44.0 Å². The van der Waals surface area contributed by atoms with Gasteiger partial charge in [0.05, 0.1) is 0 Å². The van der Waals surface area contributed by atoms with Crippen LogP contribution < -0.4 is 5.56 Å². The molecule has 1 saturated heterocycles. The summed E-state index contributed by atoms with van der Waals surface area (Å²) >= 11 is 0. The summed E-state index contributed by atoms with van der Waals surface area (Å²) in [7, 11) is 0. The van der Waals surface area contributed by atoms with Crippen LogP contribution in [0.3, 0.4) is 0 Å². The number of pyridine rings is 1. The fraction of sp³-hybridized carbons (Fsp3) is 0.500. The minimum Gasteiger partial charge on any atom is -0.329 e. The maximum Gasteiger partial charge on any atom is 0.471 e. The fourth-order valence-corrected chi connectivity index (χ4v) is 2.53. The van der Waals surface area contributed by atoms with Gasteiger partial charge in [0.15, 0.2) is 0 Å². The van der Waals surface area contributed by atoms with Crippen molar-refractivity contribution in [3.05, 3.63) is 34.6 Å². The maximum absolute atomic E-state index is 13.1. The van der Waals surface area contributed by atoms with E-state index in [1.165, 1.54) is 16.8 Å². The Morgan fingerprint density at radius 1 is 1.33 bits per heavy atom. The largest absolute Gasteiger partial charge is 0.471 e. The van der Waals surface area contributed by atoms with Crippen LogP contribution in [0.4, 0.5) is 17.6 Å². The first-order chi connectivity index (χ1) is 11.3. The predicted octanol–water partition coefficient (Wildman–Crippen LogP) is 1.96. The lowest BCUT2D eigenvalue weighted by Crippen LogP contribution is -2.29. The summed E-state index contributed by atoms with van der Waals surface area (Å²) in [5, 5.41) is 3.24. The smallest absolute Gasteiger partial charge is 0.329 e. The van der Waals surface area contributed by atoms with Gasteiger partial charge in [0.2, 0.25) is 5.82 Å². The molecule has 130 valence electrons. The highest BCUT2D eigenvalue weighted by molar-refractivity contribution is 5.52. The summed E-state index contributed by atoms with van der Waals surface area (Å²) in [5.41, 5.74) is -0.262. The van der Waals surface area contributed by atoms with E-state index in [2.05, 4.69) is 14.7 Å². The van der Waals surface area contributed by atoms with E-state index >= 15 is 0 Å². The molecule has 0 amide bonds. The fourth-order valence-electron chi connectivity index (χ4n) is 2.53. The van der Waals surface area contributed by atoms with Gasteiger partial charge in [-0.3, -0.25) is 9.69 Å². The van der Waals surface area contributed by atoms with E-state index in [1.807, 2.05) is 4.90 Å². The zero-order chi connectivity index (χ0) is 17.3. The minimum absolute atomic E-state index is 0.139. The van der Waals surface area contributed by atoms with Crippen LogP contribution >= 0.6 is 0 Å². The van der Waals surface area contributed by atoms with Gasteiger partial charge in [0.25, 0.3) is 5.56 Å². The molecule has 0 unspecified atom stereocenters. The molecular weight excluding hydrogens is 332 g/mol. The Balaban J connectivity index is 1.70. The van der Waals surface area contributed by atoms with Crippen LogP contribution in [0.1, 0.15) is 12.3 Å². The Hall–Kier alpha value is -2.23. The summed E-state index contributed by atoms with van der Waals surface area (Å²) in [6.07, 6.45) is -3.62. The van der Waals surface area contributed by atoms with Crippen molar-refractivity contribution in [1.29, 1.82) is 0 Å². The quantitative estimate of drug-likeness (QED) is 0.792. The molecule has 6 nitrogen and oxygen atoms in total. The normalized spacial score (nSPS) is 19.1. The van der Waals surface area contributed by atoms with Crippen molar-refractivity contribution in [3.63, 3.8) is 0 Å². The number of likely N-dealkylation sites (tertiary alicyclic amines) is 1. The third-order valence-corrected chi connectivity index (χ3v) is 3.79. The standard InChI is InChI=1S/C14H14F4N4O2/c15-10-2-3-21(8-10)5-6-22-4-1-9(7-11(22)23)12-19-13(24-20-12)14(16,17)18/h1,4,7,10H,2-3,5-6,8H2/t10-/m1/s1. The highest BCUT2D eigenvalue weighted by atomic mass is 19.4. The Bertz CT molecular complexity index is 771. The van der Waals surface area contributed by atoms with Crippen molar-refractivity contribution in [2.24, 2.45) is 0 Å². The second-order valence-corrected chi connectivity index (χ2v) is 5.55. The molecule has 0 aliphatic carbocycles. The first kappa shape index (κ1) is 16.6. The Labute approximate surface area is 133 Å². The molecule has 2 aromatic heterocycles. The molecule has 0 saturated carbocycles. The lowest BCUT2D eigenvalue weighted by Gasteiger charge is -2.15. The van der Waals surface area contributed by atoms with Gasteiger partial charge < -0.3 is 9.09 Å². The average Bonchev–Trinajstić information content (AvgIpc) is 3.14. The van der Waals surface area contributed by atoms with E-state index in [0.29, 0.717) is 32.6 Å². The summed E-state index contributed by atoms with van der Waals surface area (Å²) in [4.78, 5) is 17.2. The molecule has 10 heteroatoms. The van der Waals surface area contributed by atoms with Gasteiger partial charge >= 0.3 is 12.1 Å². The predicted molar refractivity (Wildman–Crippen MR) is 74.9 cm³/mol. The van der Waals surface area contributed by atoms with Crippen LogP contribution in [0.15, 0.2) is 27.6 Å². The molecule has 1 aliphatic rings. The van der Waals surface area contributed by atoms with Gasteiger partial charge in [-0.15, -0.1) is 0 Å². The second-order valence-electron chi connectivity index (χ2n) is 5.55. The zero-order valence-electron chi connectivity index (χ0n) is 12.5. The molecule has 3 heterocycles. The lowest BCUT2D eigenvalue weighted by atomic mass is 10.2. The molecule has 1 atom stereocenters. The van der Waals surface area contributed by atoms with Crippen molar-refractivity contribution in [2.75, 3.05) is 19.6 Å². The van der Waals surface area contributed by atoms with E-state index in [4.69, 9.17) is 0 Å². The monoisotopic (exact) mass is 346 g/mol. The molecule has 1 fully saturated rings. The van der Waals surface area contributed by atoms with Crippen LogP contribution in [-0.2, 0) is 12.7 Å². The maximum atomic E-state index is 13.1. The van der Waals surface area contributed by atoms with Gasteiger partial charge in [-0.2, -0.15) is 18.2 Å². The van der Waals surface area contributed by atoms with Gasteiger partial charge in [-0.25, -0.2) is 4.39 Å². The summed E-state index contributed by atoms with van der Waals surface area (Å²) in [6, 6.07) is 2.58. The van der Waals surface area contributed by atoms with Crippen molar-refractivity contribution in [3.8, 4) is 11.4 Å². The van der Waals surface area contributed by atoms with Crippen LogP contribution in [0.2, 0.25) is 0 Å². The molecule has 24 heavy (non-hydrogen) atoms. The molecule has 0 radical (unpaired) electrons. The number of aromatic nitrogens is 3. The molecule has 3 rings (SSSR count). The lowest BCUT2D eigenvalue weighted by molar-refractivity contribution is -0.159. The number of halogens is 4. The van der Waals surface area contributed by atoms with Crippen molar-refractivity contribution < 1.29 is 22.1 Å². The van der Waals surface area contributed by atoms with Crippen LogP contribution in [0.5, 0.6) is 0 Å². The Morgan fingerprint density at radius 3 is 2.71 bits per heavy atom. The van der Waals surface area contributed by atoms with Crippen molar-refractivity contribution >= 4 is 0 Å².